The zero-order valence-corrected chi connectivity index (χ0v) is 9.76. The van der Waals surface area contributed by atoms with Crippen LogP contribution in [-0.4, -0.2) is 17.7 Å². The lowest BCUT2D eigenvalue weighted by Gasteiger charge is -2.14. The second-order valence-electron chi connectivity index (χ2n) is 3.45. The van der Waals surface area contributed by atoms with E-state index in [1.807, 2.05) is 17.5 Å². The normalized spacial score (nSPS) is 14.5. The number of hydrogen-bond acceptors (Lipinski definition) is 3. The van der Waals surface area contributed by atoms with Crippen LogP contribution in [0, 0.1) is 12.3 Å². The van der Waals surface area contributed by atoms with Gasteiger partial charge in [0.05, 0.1) is 6.04 Å². The molecule has 1 aromatic rings. The summed E-state index contributed by atoms with van der Waals surface area (Å²) in [5.41, 5.74) is 0. The van der Waals surface area contributed by atoms with Gasteiger partial charge in [-0.15, -0.1) is 17.8 Å². The van der Waals surface area contributed by atoms with Gasteiger partial charge in [-0.05, 0) is 17.9 Å². The van der Waals surface area contributed by atoms with Gasteiger partial charge >= 0.3 is 0 Å². The molecule has 0 aliphatic carbocycles. The Bertz CT molecular complexity index is 302. The van der Waals surface area contributed by atoms with Crippen LogP contribution in [0.3, 0.4) is 0 Å². The second kappa shape index (κ2) is 6.62. The SMILES string of the molecule is C#CC(CCC)NCC(O)c1cccs1. The van der Waals surface area contributed by atoms with E-state index in [2.05, 4.69) is 18.2 Å². The monoisotopic (exact) mass is 223 g/mol. The molecule has 0 saturated carbocycles. The first-order chi connectivity index (χ1) is 7.27. The average molecular weight is 223 g/mol. The predicted octanol–water partition coefficient (Wildman–Crippen LogP) is 2.17. The van der Waals surface area contributed by atoms with Crippen molar-refractivity contribution in [3.8, 4) is 12.3 Å². The van der Waals surface area contributed by atoms with E-state index in [1.54, 1.807) is 11.3 Å². The van der Waals surface area contributed by atoms with Crippen molar-refractivity contribution in [3.05, 3.63) is 22.4 Å². The maximum Gasteiger partial charge on any atom is 0.101 e. The van der Waals surface area contributed by atoms with Crippen LogP contribution >= 0.6 is 11.3 Å². The smallest absolute Gasteiger partial charge is 0.101 e. The fourth-order valence-corrected chi connectivity index (χ4v) is 2.08. The first-order valence-corrected chi connectivity index (χ1v) is 6.06. The molecule has 2 N–H and O–H groups in total. The third-order valence-corrected chi connectivity index (χ3v) is 3.18. The molecular weight excluding hydrogens is 206 g/mol. The molecule has 0 saturated heterocycles. The molecule has 1 rings (SSSR count). The lowest BCUT2D eigenvalue weighted by atomic mass is 10.1. The highest BCUT2D eigenvalue weighted by molar-refractivity contribution is 7.10. The molecule has 1 heterocycles. The van der Waals surface area contributed by atoms with Crippen molar-refractivity contribution >= 4 is 11.3 Å². The highest BCUT2D eigenvalue weighted by atomic mass is 32.1. The summed E-state index contributed by atoms with van der Waals surface area (Å²) in [6, 6.07) is 3.94. The van der Waals surface area contributed by atoms with Crippen molar-refractivity contribution in [2.75, 3.05) is 6.54 Å². The molecular formula is C12H17NOS. The Morgan fingerprint density at radius 2 is 2.47 bits per heavy atom. The van der Waals surface area contributed by atoms with Gasteiger partial charge in [-0.25, -0.2) is 0 Å². The molecule has 0 fully saturated rings. The zero-order valence-electron chi connectivity index (χ0n) is 8.94. The Kier molecular flexibility index (Phi) is 5.41. The van der Waals surface area contributed by atoms with E-state index >= 15 is 0 Å². The molecule has 0 aliphatic rings. The number of hydrogen-bond donors (Lipinski definition) is 2. The quantitative estimate of drug-likeness (QED) is 0.724. The van der Waals surface area contributed by atoms with Gasteiger partial charge in [-0.3, -0.25) is 0 Å². The van der Waals surface area contributed by atoms with E-state index in [0.29, 0.717) is 6.54 Å². The molecule has 15 heavy (non-hydrogen) atoms. The lowest BCUT2D eigenvalue weighted by molar-refractivity contribution is 0.175. The van der Waals surface area contributed by atoms with Gasteiger partial charge < -0.3 is 10.4 Å². The van der Waals surface area contributed by atoms with Crippen LogP contribution in [0.2, 0.25) is 0 Å². The Labute approximate surface area is 95.3 Å². The second-order valence-corrected chi connectivity index (χ2v) is 4.43. The molecule has 3 heteroatoms. The van der Waals surface area contributed by atoms with Crippen molar-refractivity contribution in [1.29, 1.82) is 0 Å². The van der Waals surface area contributed by atoms with E-state index in [-0.39, 0.29) is 6.04 Å². The third-order valence-electron chi connectivity index (χ3n) is 2.21. The molecule has 2 nitrogen and oxygen atoms in total. The summed E-state index contributed by atoms with van der Waals surface area (Å²) in [6.07, 6.45) is 6.93. The van der Waals surface area contributed by atoms with Gasteiger partial charge in [-0.2, -0.15) is 0 Å². The topological polar surface area (TPSA) is 32.3 Å². The number of terminal acetylenes is 1. The molecule has 0 aromatic carbocycles. The van der Waals surface area contributed by atoms with E-state index < -0.39 is 6.10 Å². The van der Waals surface area contributed by atoms with Gasteiger partial charge in [0.15, 0.2) is 0 Å². The van der Waals surface area contributed by atoms with E-state index in [0.717, 1.165) is 17.7 Å². The summed E-state index contributed by atoms with van der Waals surface area (Å²) < 4.78 is 0. The van der Waals surface area contributed by atoms with Gasteiger partial charge in [0.2, 0.25) is 0 Å². The van der Waals surface area contributed by atoms with Crippen LogP contribution in [0.15, 0.2) is 17.5 Å². The molecule has 1 aromatic heterocycles. The Morgan fingerprint density at radius 1 is 1.67 bits per heavy atom. The Balaban J connectivity index is 2.33. The Hall–Kier alpha value is -0.820. The molecule has 0 amide bonds. The minimum Gasteiger partial charge on any atom is -0.386 e. The van der Waals surface area contributed by atoms with Crippen LogP contribution in [0.5, 0.6) is 0 Å². The first kappa shape index (κ1) is 12.3. The minimum atomic E-state index is -0.447. The van der Waals surface area contributed by atoms with Crippen LogP contribution < -0.4 is 5.32 Å². The third kappa shape index (κ3) is 4.05. The van der Waals surface area contributed by atoms with Crippen molar-refractivity contribution in [2.24, 2.45) is 0 Å². The van der Waals surface area contributed by atoms with Crippen molar-refractivity contribution in [2.45, 2.75) is 31.9 Å². The summed E-state index contributed by atoms with van der Waals surface area (Å²) >= 11 is 1.56. The van der Waals surface area contributed by atoms with E-state index in [9.17, 15) is 5.11 Å². The maximum absolute atomic E-state index is 9.80. The summed E-state index contributed by atoms with van der Waals surface area (Å²) in [6.45, 7) is 2.62. The molecule has 0 bridgehead atoms. The fraction of sp³-hybridized carbons (Fsp3) is 0.500. The minimum absolute atomic E-state index is 0.0737. The van der Waals surface area contributed by atoms with E-state index in [4.69, 9.17) is 6.42 Å². The van der Waals surface area contributed by atoms with Crippen LogP contribution in [0.4, 0.5) is 0 Å². The average Bonchev–Trinajstić information content (AvgIpc) is 2.77. The molecule has 0 aliphatic heterocycles. The van der Waals surface area contributed by atoms with Gasteiger partial charge in [0.1, 0.15) is 6.10 Å². The van der Waals surface area contributed by atoms with Crippen molar-refractivity contribution < 1.29 is 5.11 Å². The van der Waals surface area contributed by atoms with Gasteiger partial charge in [-0.1, -0.05) is 25.3 Å². The van der Waals surface area contributed by atoms with Crippen molar-refractivity contribution in [3.63, 3.8) is 0 Å². The fourth-order valence-electron chi connectivity index (χ4n) is 1.37. The zero-order chi connectivity index (χ0) is 11.1. The van der Waals surface area contributed by atoms with Crippen LogP contribution in [0.1, 0.15) is 30.7 Å². The predicted molar refractivity (Wildman–Crippen MR) is 64.8 cm³/mol. The number of aliphatic hydroxyl groups excluding tert-OH is 1. The maximum atomic E-state index is 9.80. The van der Waals surface area contributed by atoms with Crippen molar-refractivity contribution in [1.82, 2.24) is 5.32 Å². The molecule has 82 valence electrons. The van der Waals surface area contributed by atoms with E-state index in [1.165, 1.54) is 0 Å². The number of rotatable bonds is 6. The largest absolute Gasteiger partial charge is 0.386 e. The van der Waals surface area contributed by atoms with Crippen LogP contribution in [-0.2, 0) is 0 Å². The van der Waals surface area contributed by atoms with Gasteiger partial charge in [0, 0.05) is 11.4 Å². The molecule has 2 unspecified atom stereocenters. The molecule has 2 atom stereocenters. The molecule has 0 spiro atoms. The number of aliphatic hydroxyl groups is 1. The van der Waals surface area contributed by atoms with Crippen LogP contribution in [0.25, 0.3) is 0 Å². The standard InChI is InChI=1S/C12H17NOS/c1-3-6-10(4-2)13-9-11(14)12-7-5-8-15-12/h2,5,7-8,10-11,13-14H,3,6,9H2,1H3. The first-order valence-electron chi connectivity index (χ1n) is 5.19. The summed E-state index contributed by atoms with van der Waals surface area (Å²) in [5.74, 6) is 2.68. The highest BCUT2D eigenvalue weighted by Gasteiger charge is 2.10. The molecule has 0 radical (unpaired) electrons. The summed E-state index contributed by atoms with van der Waals surface area (Å²) in [5, 5.41) is 14.9. The lowest BCUT2D eigenvalue weighted by Crippen LogP contribution is -2.31. The Morgan fingerprint density at radius 3 is 3.00 bits per heavy atom. The number of thiophene rings is 1. The highest BCUT2D eigenvalue weighted by Crippen LogP contribution is 2.17. The summed E-state index contributed by atoms with van der Waals surface area (Å²) in [7, 11) is 0. The summed E-state index contributed by atoms with van der Waals surface area (Å²) in [4.78, 5) is 0.981. The number of nitrogens with one attached hydrogen (secondary N) is 1. The van der Waals surface area contributed by atoms with Gasteiger partial charge in [0.25, 0.3) is 0 Å².